The summed E-state index contributed by atoms with van der Waals surface area (Å²) in [6, 6.07) is 7.83. The van der Waals surface area contributed by atoms with Gasteiger partial charge < -0.3 is 5.32 Å². The van der Waals surface area contributed by atoms with E-state index in [0.717, 1.165) is 36.9 Å². The summed E-state index contributed by atoms with van der Waals surface area (Å²) >= 11 is 0. The minimum absolute atomic E-state index is 0.0885. The van der Waals surface area contributed by atoms with Gasteiger partial charge in [-0.1, -0.05) is 18.2 Å². The molecule has 0 atom stereocenters. The molecule has 1 heterocycles. The Morgan fingerprint density at radius 2 is 2.04 bits per heavy atom. The number of amides is 1. The number of benzene rings is 1. The van der Waals surface area contributed by atoms with Crippen molar-refractivity contribution in [3.63, 3.8) is 0 Å². The molecule has 0 bridgehead atoms. The third kappa shape index (κ3) is 3.64. The Kier molecular flexibility index (Phi) is 4.50. The summed E-state index contributed by atoms with van der Waals surface area (Å²) in [4.78, 5) is 24.0. The topological polar surface area (TPSA) is 64.0 Å². The molecule has 120 valence electrons. The highest BCUT2D eigenvalue weighted by Gasteiger charge is 2.14. The number of aryl methyl sites for hydroxylation is 2. The van der Waals surface area contributed by atoms with Crippen LogP contribution in [0.3, 0.4) is 0 Å². The Morgan fingerprint density at radius 1 is 1.26 bits per heavy atom. The molecule has 1 N–H and O–H groups in total. The summed E-state index contributed by atoms with van der Waals surface area (Å²) in [5.74, 6) is -0.726. The van der Waals surface area contributed by atoms with Gasteiger partial charge >= 0.3 is 0 Å². The van der Waals surface area contributed by atoms with Crippen LogP contribution in [0.1, 0.15) is 29.7 Å². The third-order valence-electron chi connectivity index (χ3n) is 4.00. The molecular formula is C17H18FN3O2. The Hall–Kier alpha value is -2.50. The first-order valence-electron chi connectivity index (χ1n) is 7.73. The largest absolute Gasteiger partial charge is 0.350 e. The molecule has 1 amide bonds. The van der Waals surface area contributed by atoms with E-state index in [9.17, 15) is 14.0 Å². The van der Waals surface area contributed by atoms with Crippen LogP contribution < -0.4 is 10.9 Å². The van der Waals surface area contributed by atoms with Crippen molar-refractivity contribution < 1.29 is 9.18 Å². The molecule has 0 fully saturated rings. The van der Waals surface area contributed by atoms with Crippen molar-refractivity contribution in [2.24, 2.45) is 0 Å². The van der Waals surface area contributed by atoms with E-state index >= 15 is 0 Å². The van der Waals surface area contributed by atoms with Crippen molar-refractivity contribution in [2.45, 2.75) is 38.8 Å². The highest BCUT2D eigenvalue weighted by molar-refractivity contribution is 5.75. The molecule has 0 saturated carbocycles. The van der Waals surface area contributed by atoms with Crippen LogP contribution >= 0.6 is 0 Å². The Balaban J connectivity index is 1.66. The van der Waals surface area contributed by atoms with Crippen LogP contribution in [0.2, 0.25) is 0 Å². The zero-order valence-electron chi connectivity index (χ0n) is 12.7. The molecule has 0 saturated heterocycles. The number of nitrogens with one attached hydrogen (secondary N) is 1. The fraction of sp³-hybridized carbons (Fsp3) is 0.353. The predicted molar refractivity (Wildman–Crippen MR) is 83.4 cm³/mol. The maximum Gasteiger partial charge on any atom is 0.267 e. The van der Waals surface area contributed by atoms with E-state index < -0.39 is 0 Å². The molecule has 0 aliphatic heterocycles. The standard InChI is InChI=1S/C17H18FN3O2/c18-14-7-3-1-6-13(14)10-19-16(22)11-21-17(23)9-12-5-2-4-8-15(12)20-21/h1,3,6-7,9H,2,4-5,8,10-11H2,(H,19,22). The summed E-state index contributed by atoms with van der Waals surface area (Å²) in [7, 11) is 0. The summed E-state index contributed by atoms with van der Waals surface area (Å²) in [5.41, 5.74) is 2.03. The van der Waals surface area contributed by atoms with E-state index in [2.05, 4.69) is 10.4 Å². The van der Waals surface area contributed by atoms with Gasteiger partial charge in [0.15, 0.2) is 0 Å². The molecule has 1 aliphatic carbocycles. The number of hydrogen-bond acceptors (Lipinski definition) is 3. The van der Waals surface area contributed by atoms with E-state index in [-0.39, 0.29) is 30.4 Å². The lowest BCUT2D eigenvalue weighted by Crippen LogP contribution is -2.34. The van der Waals surface area contributed by atoms with Gasteiger partial charge in [-0.25, -0.2) is 9.07 Å². The van der Waals surface area contributed by atoms with Gasteiger partial charge in [0.25, 0.3) is 5.56 Å². The molecule has 0 radical (unpaired) electrons. The Morgan fingerprint density at radius 3 is 2.87 bits per heavy atom. The van der Waals surface area contributed by atoms with E-state index in [1.54, 1.807) is 24.3 Å². The van der Waals surface area contributed by atoms with E-state index in [4.69, 9.17) is 0 Å². The van der Waals surface area contributed by atoms with Gasteiger partial charge in [-0.05, 0) is 37.3 Å². The monoisotopic (exact) mass is 315 g/mol. The van der Waals surface area contributed by atoms with Crippen LogP contribution in [0, 0.1) is 5.82 Å². The first-order valence-corrected chi connectivity index (χ1v) is 7.73. The minimum atomic E-state index is -0.364. The molecule has 23 heavy (non-hydrogen) atoms. The average molecular weight is 315 g/mol. The van der Waals surface area contributed by atoms with Crippen molar-refractivity contribution in [3.05, 3.63) is 63.3 Å². The van der Waals surface area contributed by atoms with Gasteiger partial charge in [-0.3, -0.25) is 9.59 Å². The first kappa shape index (κ1) is 15.4. The summed E-state index contributed by atoms with van der Waals surface area (Å²) in [6.45, 7) is -0.0637. The first-order chi connectivity index (χ1) is 11.1. The fourth-order valence-electron chi connectivity index (χ4n) is 2.74. The molecule has 1 aromatic heterocycles. The quantitative estimate of drug-likeness (QED) is 0.931. The van der Waals surface area contributed by atoms with Gasteiger partial charge in [-0.15, -0.1) is 0 Å². The maximum absolute atomic E-state index is 13.5. The van der Waals surface area contributed by atoms with Crippen LogP contribution in [0.25, 0.3) is 0 Å². The highest BCUT2D eigenvalue weighted by atomic mass is 19.1. The van der Waals surface area contributed by atoms with Crippen LogP contribution in [0.15, 0.2) is 35.1 Å². The van der Waals surface area contributed by atoms with Gasteiger partial charge in [0, 0.05) is 18.2 Å². The van der Waals surface area contributed by atoms with Crippen molar-refractivity contribution >= 4 is 5.91 Å². The number of halogens is 1. The second-order valence-electron chi connectivity index (χ2n) is 5.69. The summed E-state index contributed by atoms with van der Waals surface area (Å²) in [6.07, 6.45) is 3.84. The van der Waals surface area contributed by atoms with Crippen molar-refractivity contribution in [3.8, 4) is 0 Å². The molecule has 3 rings (SSSR count). The normalized spacial score (nSPS) is 13.4. The summed E-state index contributed by atoms with van der Waals surface area (Å²) < 4.78 is 14.7. The molecule has 2 aromatic rings. The third-order valence-corrected chi connectivity index (χ3v) is 4.00. The van der Waals surface area contributed by atoms with Gasteiger partial charge in [0.05, 0.1) is 5.69 Å². The second-order valence-corrected chi connectivity index (χ2v) is 5.69. The Labute approximate surface area is 133 Å². The molecular weight excluding hydrogens is 297 g/mol. The zero-order chi connectivity index (χ0) is 16.2. The smallest absolute Gasteiger partial charge is 0.267 e. The van der Waals surface area contributed by atoms with Crippen molar-refractivity contribution in [2.75, 3.05) is 0 Å². The van der Waals surface area contributed by atoms with Gasteiger partial charge in [0.1, 0.15) is 12.4 Å². The molecule has 0 spiro atoms. The van der Waals surface area contributed by atoms with Crippen LogP contribution in [0.5, 0.6) is 0 Å². The number of carbonyl (C=O) groups excluding carboxylic acids is 1. The number of nitrogens with zero attached hydrogens (tertiary/aromatic N) is 2. The highest BCUT2D eigenvalue weighted by Crippen LogP contribution is 2.16. The van der Waals surface area contributed by atoms with E-state index in [0.29, 0.717) is 5.56 Å². The lowest BCUT2D eigenvalue weighted by atomic mass is 9.97. The SMILES string of the molecule is O=C(Cn1nc2c(cc1=O)CCCC2)NCc1ccccc1F. The molecule has 0 unspecified atom stereocenters. The number of carbonyl (C=O) groups is 1. The van der Waals surface area contributed by atoms with Gasteiger partial charge in [0.2, 0.25) is 5.91 Å². The second kappa shape index (κ2) is 6.73. The maximum atomic E-state index is 13.5. The number of aromatic nitrogens is 2. The van der Waals surface area contributed by atoms with E-state index in [1.807, 2.05) is 0 Å². The molecule has 1 aliphatic rings. The Bertz CT molecular complexity index is 786. The zero-order valence-corrected chi connectivity index (χ0v) is 12.7. The minimum Gasteiger partial charge on any atom is -0.350 e. The lowest BCUT2D eigenvalue weighted by molar-refractivity contribution is -0.122. The number of rotatable bonds is 4. The average Bonchev–Trinajstić information content (AvgIpc) is 2.55. The number of fused-ring (bicyclic) bond motifs is 1. The molecule has 1 aromatic carbocycles. The number of hydrogen-bond donors (Lipinski definition) is 1. The van der Waals surface area contributed by atoms with Crippen LogP contribution in [0.4, 0.5) is 4.39 Å². The van der Waals surface area contributed by atoms with E-state index in [1.165, 1.54) is 10.7 Å². The van der Waals surface area contributed by atoms with Crippen LogP contribution in [-0.2, 0) is 30.7 Å². The van der Waals surface area contributed by atoms with Crippen molar-refractivity contribution in [1.29, 1.82) is 0 Å². The summed E-state index contributed by atoms with van der Waals surface area (Å²) in [5, 5.41) is 6.91. The van der Waals surface area contributed by atoms with Crippen molar-refractivity contribution in [1.82, 2.24) is 15.1 Å². The molecule has 5 nitrogen and oxygen atoms in total. The fourth-order valence-corrected chi connectivity index (χ4v) is 2.74. The van der Waals surface area contributed by atoms with Gasteiger partial charge in [-0.2, -0.15) is 5.10 Å². The molecule has 6 heteroatoms. The lowest BCUT2D eigenvalue weighted by Gasteiger charge is -2.15. The predicted octanol–water partition coefficient (Wildman–Crippen LogP) is 1.58. The van der Waals surface area contributed by atoms with Crippen LogP contribution in [-0.4, -0.2) is 15.7 Å².